The number of hydrogen-bond acceptors (Lipinski definition) is 4. The molecule has 0 radical (unpaired) electrons. The summed E-state index contributed by atoms with van der Waals surface area (Å²) in [6.45, 7) is 5.34. The molecule has 8 heteroatoms. The van der Waals surface area contributed by atoms with Gasteiger partial charge in [0, 0.05) is 19.0 Å². The van der Waals surface area contributed by atoms with Crippen LogP contribution in [0.3, 0.4) is 0 Å². The lowest BCUT2D eigenvalue weighted by atomic mass is 10.3. The van der Waals surface area contributed by atoms with Gasteiger partial charge in [0.15, 0.2) is 5.03 Å². The van der Waals surface area contributed by atoms with Crippen molar-refractivity contribution in [2.75, 3.05) is 6.54 Å². The van der Waals surface area contributed by atoms with E-state index < -0.39 is 16.0 Å². The Balaban J connectivity index is 2.89. The molecule has 0 saturated carbocycles. The second kappa shape index (κ2) is 6.16. The van der Waals surface area contributed by atoms with Crippen molar-refractivity contribution in [2.45, 2.75) is 44.7 Å². The number of nitrogens with zero attached hydrogens (tertiary/aromatic N) is 2. The van der Waals surface area contributed by atoms with Gasteiger partial charge in [-0.25, -0.2) is 13.4 Å². The van der Waals surface area contributed by atoms with Gasteiger partial charge in [-0.2, -0.15) is 4.31 Å². The van der Waals surface area contributed by atoms with E-state index in [4.69, 9.17) is 5.11 Å². The van der Waals surface area contributed by atoms with Crippen LogP contribution in [0.15, 0.2) is 11.2 Å². The molecule has 108 valence electrons. The molecule has 0 saturated heterocycles. The lowest BCUT2D eigenvalue weighted by molar-refractivity contribution is -0.137. The molecule has 0 aliphatic heterocycles. The lowest BCUT2D eigenvalue weighted by Gasteiger charge is -2.24. The number of aliphatic carboxylic acids is 1. The maximum Gasteiger partial charge on any atom is 0.303 e. The second-order valence-electron chi connectivity index (χ2n) is 4.54. The van der Waals surface area contributed by atoms with Crippen molar-refractivity contribution in [3.05, 3.63) is 12.0 Å². The lowest BCUT2D eigenvalue weighted by Crippen LogP contribution is -2.38. The van der Waals surface area contributed by atoms with Gasteiger partial charge in [-0.3, -0.25) is 4.79 Å². The van der Waals surface area contributed by atoms with E-state index in [2.05, 4.69) is 9.97 Å². The van der Waals surface area contributed by atoms with E-state index in [9.17, 15) is 13.2 Å². The van der Waals surface area contributed by atoms with Crippen LogP contribution in [0.5, 0.6) is 0 Å². The fourth-order valence-electron chi connectivity index (χ4n) is 1.70. The Morgan fingerprint density at radius 3 is 2.58 bits per heavy atom. The summed E-state index contributed by atoms with van der Waals surface area (Å²) in [7, 11) is -3.66. The molecule has 1 rings (SSSR count). The Kier molecular flexibility index (Phi) is 5.07. The SMILES string of the molecule is Cc1ncc(S(=O)(=O)N(CCCC(=O)O)C(C)C)[nH]1. The number of sulfonamides is 1. The fraction of sp³-hybridized carbons (Fsp3) is 0.636. The molecule has 0 spiro atoms. The molecular weight excluding hydrogens is 270 g/mol. The van der Waals surface area contributed by atoms with Gasteiger partial charge < -0.3 is 10.1 Å². The van der Waals surface area contributed by atoms with Crippen LogP contribution in [0, 0.1) is 6.92 Å². The van der Waals surface area contributed by atoms with E-state index >= 15 is 0 Å². The summed E-state index contributed by atoms with van der Waals surface area (Å²) >= 11 is 0. The average molecular weight is 289 g/mol. The average Bonchev–Trinajstić information content (AvgIpc) is 2.70. The third-order valence-corrected chi connectivity index (χ3v) is 4.60. The molecule has 0 amide bonds. The summed E-state index contributed by atoms with van der Waals surface area (Å²) in [5.74, 6) is -0.411. The predicted molar refractivity (Wildman–Crippen MR) is 69.2 cm³/mol. The van der Waals surface area contributed by atoms with Crippen molar-refractivity contribution >= 4 is 16.0 Å². The van der Waals surface area contributed by atoms with E-state index in [0.29, 0.717) is 5.82 Å². The summed E-state index contributed by atoms with van der Waals surface area (Å²) in [4.78, 5) is 17.1. The molecule has 1 aromatic rings. The molecule has 1 aromatic heterocycles. The zero-order chi connectivity index (χ0) is 14.6. The van der Waals surface area contributed by atoms with Gasteiger partial charge >= 0.3 is 5.97 Å². The zero-order valence-electron chi connectivity index (χ0n) is 11.3. The first kappa shape index (κ1) is 15.6. The highest BCUT2D eigenvalue weighted by atomic mass is 32.2. The van der Waals surface area contributed by atoms with E-state index in [-0.39, 0.29) is 30.5 Å². The summed E-state index contributed by atoms with van der Waals surface area (Å²) in [5, 5.41) is 8.64. The van der Waals surface area contributed by atoms with Crippen LogP contribution in [-0.4, -0.2) is 46.4 Å². The Hall–Kier alpha value is -1.41. The molecule has 1 heterocycles. The molecule has 0 atom stereocenters. The van der Waals surface area contributed by atoms with Crippen molar-refractivity contribution in [1.29, 1.82) is 0 Å². The summed E-state index contributed by atoms with van der Waals surface area (Å²) < 4.78 is 26.0. The van der Waals surface area contributed by atoms with Gasteiger partial charge in [-0.05, 0) is 27.2 Å². The number of aromatic amines is 1. The monoisotopic (exact) mass is 289 g/mol. The number of aromatic nitrogens is 2. The van der Waals surface area contributed by atoms with Crippen LogP contribution in [0.4, 0.5) is 0 Å². The van der Waals surface area contributed by atoms with Crippen LogP contribution >= 0.6 is 0 Å². The standard InChI is InChI=1S/C11H19N3O4S/c1-8(2)14(6-4-5-11(15)16)19(17,18)10-7-12-9(3)13-10/h7-8H,4-6H2,1-3H3,(H,12,13)(H,15,16). The molecule has 0 aromatic carbocycles. The molecule has 0 unspecified atom stereocenters. The van der Waals surface area contributed by atoms with E-state index in [1.54, 1.807) is 20.8 Å². The number of carboxylic acid groups (broad SMARTS) is 1. The first-order valence-electron chi connectivity index (χ1n) is 6.00. The maximum absolute atomic E-state index is 12.4. The van der Waals surface area contributed by atoms with Crippen molar-refractivity contribution in [1.82, 2.24) is 14.3 Å². The first-order chi connectivity index (χ1) is 8.75. The quantitative estimate of drug-likeness (QED) is 0.778. The minimum absolute atomic E-state index is 0.0361. The van der Waals surface area contributed by atoms with Crippen molar-refractivity contribution < 1.29 is 18.3 Å². The molecular formula is C11H19N3O4S. The highest BCUT2D eigenvalue weighted by molar-refractivity contribution is 7.89. The summed E-state index contributed by atoms with van der Waals surface area (Å²) in [5.41, 5.74) is 0. The zero-order valence-corrected chi connectivity index (χ0v) is 12.1. The number of imidazole rings is 1. The highest BCUT2D eigenvalue weighted by Gasteiger charge is 2.28. The summed E-state index contributed by atoms with van der Waals surface area (Å²) in [6, 6.07) is -0.248. The minimum Gasteiger partial charge on any atom is -0.481 e. The van der Waals surface area contributed by atoms with Gasteiger partial charge in [0.1, 0.15) is 5.82 Å². The maximum atomic E-state index is 12.4. The normalized spacial score (nSPS) is 12.3. The Morgan fingerprint density at radius 2 is 2.16 bits per heavy atom. The van der Waals surface area contributed by atoms with Crippen molar-refractivity contribution in [3.8, 4) is 0 Å². The molecule has 0 bridgehead atoms. The Morgan fingerprint density at radius 1 is 1.53 bits per heavy atom. The summed E-state index contributed by atoms with van der Waals surface area (Å²) in [6.07, 6.45) is 1.50. The number of hydrogen-bond donors (Lipinski definition) is 2. The third kappa shape index (κ3) is 4.03. The minimum atomic E-state index is -3.66. The molecule has 19 heavy (non-hydrogen) atoms. The van der Waals surface area contributed by atoms with Crippen LogP contribution in [0.2, 0.25) is 0 Å². The van der Waals surface area contributed by atoms with Crippen LogP contribution in [-0.2, 0) is 14.8 Å². The van der Waals surface area contributed by atoms with Gasteiger partial charge in [0.25, 0.3) is 10.0 Å². The van der Waals surface area contributed by atoms with Gasteiger partial charge in [-0.1, -0.05) is 0 Å². The molecule has 2 N–H and O–H groups in total. The third-order valence-electron chi connectivity index (χ3n) is 2.61. The topological polar surface area (TPSA) is 103 Å². The highest BCUT2D eigenvalue weighted by Crippen LogP contribution is 2.17. The number of carbonyl (C=O) groups is 1. The van der Waals surface area contributed by atoms with Crippen LogP contribution in [0.25, 0.3) is 0 Å². The van der Waals surface area contributed by atoms with Gasteiger partial charge in [0.05, 0.1) is 6.20 Å². The predicted octanol–water partition coefficient (Wildman–Crippen LogP) is 0.982. The molecule has 0 fully saturated rings. The number of nitrogens with one attached hydrogen (secondary N) is 1. The van der Waals surface area contributed by atoms with E-state index in [1.165, 1.54) is 10.5 Å². The Labute approximate surface area is 112 Å². The van der Waals surface area contributed by atoms with Crippen LogP contribution in [0.1, 0.15) is 32.5 Å². The number of rotatable bonds is 7. The number of aryl methyl sites for hydroxylation is 1. The van der Waals surface area contributed by atoms with E-state index in [0.717, 1.165) is 0 Å². The Bertz CT molecular complexity index is 536. The largest absolute Gasteiger partial charge is 0.481 e. The second-order valence-corrected chi connectivity index (χ2v) is 6.40. The molecule has 0 aliphatic rings. The first-order valence-corrected chi connectivity index (χ1v) is 7.44. The van der Waals surface area contributed by atoms with Gasteiger partial charge in [-0.15, -0.1) is 0 Å². The van der Waals surface area contributed by atoms with Crippen molar-refractivity contribution in [2.24, 2.45) is 0 Å². The van der Waals surface area contributed by atoms with Gasteiger partial charge in [0.2, 0.25) is 0 Å². The van der Waals surface area contributed by atoms with E-state index in [1.807, 2.05) is 0 Å². The number of carboxylic acids is 1. The van der Waals surface area contributed by atoms with Crippen molar-refractivity contribution in [3.63, 3.8) is 0 Å². The van der Waals surface area contributed by atoms with Crippen LogP contribution < -0.4 is 0 Å². The molecule has 0 aliphatic carbocycles. The number of H-pyrrole nitrogens is 1. The fourth-order valence-corrected chi connectivity index (χ4v) is 3.34. The smallest absolute Gasteiger partial charge is 0.303 e. The molecule has 7 nitrogen and oxygen atoms in total.